The number of hydrogen-bond donors (Lipinski definition) is 0. The van der Waals surface area contributed by atoms with Crippen molar-refractivity contribution in [3.8, 4) is 0 Å². The maximum Gasteiger partial charge on any atom is -0.00938 e. The first-order valence-electron chi connectivity index (χ1n) is 3.82. The van der Waals surface area contributed by atoms with E-state index >= 15 is 0 Å². The van der Waals surface area contributed by atoms with Crippen LogP contribution in [0, 0.1) is 0 Å². The summed E-state index contributed by atoms with van der Waals surface area (Å²) in [5, 5.41) is 0. The minimum Gasteiger partial charge on any atom is -0.103 e. The van der Waals surface area contributed by atoms with E-state index in [1.807, 2.05) is 6.08 Å². The Kier molecular flexibility index (Phi) is 1.39. The summed E-state index contributed by atoms with van der Waals surface area (Å²) in [5.41, 5.74) is 4.17. The summed E-state index contributed by atoms with van der Waals surface area (Å²) in [6, 6.07) is 8.45. The van der Waals surface area contributed by atoms with Crippen LogP contribution >= 0.6 is 0 Å². The molecular weight excluding hydrogens is 132 g/mol. The summed E-state index contributed by atoms with van der Waals surface area (Å²) in [4.78, 5) is 0. The molecule has 11 heavy (non-hydrogen) atoms. The molecule has 0 fully saturated rings. The van der Waals surface area contributed by atoms with Gasteiger partial charge in [0.1, 0.15) is 0 Å². The smallest absolute Gasteiger partial charge is 0.00938 e. The fourth-order valence-corrected chi connectivity index (χ4v) is 1.43. The Morgan fingerprint density at radius 3 is 2.82 bits per heavy atom. The SMILES string of the molecule is C=CCC1=Cc2ccccc21. The molecule has 0 heteroatoms. The van der Waals surface area contributed by atoms with Crippen LogP contribution in [0.4, 0.5) is 0 Å². The molecule has 1 aromatic rings. The van der Waals surface area contributed by atoms with E-state index in [1.165, 1.54) is 16.7 Å². The molecule has 0 spiro atoms. The molecule has 0 amide bonds. The van der Waals surface area contributed by atoms with E-state index in [0.717, 1.165) is 6.42 Å². The van der Waals surface area contributed by atoms with Gasteiger partial charge in [-0.15, -0.1) is 6.58 Å². The second-order valence-electron chi connectivity index (χ2n) is 2.75. The average Bonchev–Trinajstić information content (AvgIpc) is 2.01. The first-order chi connectivity index (χ1) is 5.42. The van der Waals surface area contributed by atoms with E-state index in [4.69, 9.17) is 0 Å². The lowest BCUT2D eigenvalue weighted by molar-refractivity contribution is 1.36. The molecule has 0 bridgehead atoms. The molecule has 0 nitrogen and oxygen atoms in total. The Balaban J connectivity index is 2.30. The van der Waals surface area contributed by atoms with E-state index < -0.39 is 0 Å². The Labute approximate surface area is 66.9 Å². The van der Waals surface area contributed by atoms with Gasteiger partial charge in [0, 0.05) is 0 Å². The zero-order valence-corrected chi connectivity index (χ0v) is 6.38. The normalized spacial score (nSPS) is 12.9. The van der Waals surface area contributed by atoms with E-state index in [0.29, 0.717) is 0 Å². The third kappa shape index (κ3) is 0.911. The average molecular weight is 142 g/mol. The van der Waals surface area contributed by atoms with Gasteiger partial charge in [-0.05, 0) is 23.1 Å². The Morgan fingerprint density at radius 2 is 2.09 bits per heavy atom. The zero-order valence-electron chi connectivity index (χ0n) is 6.38. The topological polar surface area (TPSA) is 0 Å². The Hall–Kier alpha value is -1.30. The van der Waals surface area contributed by atoms with Crippen molar-refractivity contribution in [2.75, 3.05) is 0 Å². The monoisotopic (exact) mass is 142 g/mol. The third-order valence-corrected chi connectivity index (χ3v) is 2.00. The highest BCUT2D eigenvalue weighted by Gasteiger charge is 2.12. The predicted octanol–water partition coefficient (Wildman–Crippen LogP) is 3.12. The van der Waals surface area contributed by atoms with Crippen LogP contribution in [0.5, 0.6) is 0 Å². The van der Waals surface area contributed by atoms with Gasteiger partial charge in [0.25, 0.3) is 0 Å². The lowest BCUT2D eigenvalue weighted by Gasteiger charge is -2.17. The van der Waals surface area contributed by atoms with Crippen LogP contribution in [0.25, 0.3) is 11.6 Å². The van der Waals surface area contributed by atoms with Crippen LogP contribution in [-0.4, -0.2) is 0 Å². The number of benzene rings is 1. The summed E-state index contributed by atoms with van der Waals surface area (Å²) in [6.07, 6.45) is 5.16. The molecule has 1 aromatic carbocycles. The summed E-state index contributed by atoms with van der Waals surface area (Å²) in [7, 11) is 0. The van der Waals surface area contributed by atoms with E-state index in [-0.39, 0.29) is 0 Å². The van der Waals surface area contributed by atoms with Crippen molar-refractivity contribution in [2.45, 2.75) is 6.42 Å². The molecule has 2 rings (SSSR count). The lowest BCUT2D eigenvalue weighted by Crippen LogP contribution is -1.96. The first-order valence-corrected chi connectivity index (χ1v) is 3.82. The molecule has 0 unspecified atom stereocenters. The van der Waals surface area contributed by atoms with Gasteiger partial charge in [-0.3, -0.25) is 0 Å². The van der Waals surface area contributed by atoms with Crippen molar-refractivity contribution in [1.29, 1.82) is 0 Å². The van der Waals surface area contributed by atoms with Crippen LogP contribution in [-0.2, 0) is 0 Å². The van der Waals surface area contributed by atoms with Gasteiger partial charge in [0.05, 0.1) is 0 Å². The Bertz CT molecular complexity index is 319. The van der Waals surface area contributed by atoms with Gasteiger partial charge in [-0.25, -0.2) is 0 Å². The molecule has 0 atom stereocenters. The number of fused-ring (bicyclic) bond motifs is 1. The molecule has 1 aliphatic carbocycles. The van der Waals surface area contributed by atoms with Crippen LogP contribution in [0.3, 0.4) is 0 Å². The molecule has 0 N–H and O–H groups in total. The van der Waals surface area contributed by atoms with Crippen molar-refractivity contribution in [3.05, 3.63) is 48.0 Å². The predicted molar refractivity (Wildman–Crippen MR) is 49.1 cm³/mol. The quantitative estimate of drug-likeness (QED) is 0.556. The largest absolute Gasteiger partial charge is 0.103 e. The molecule has 0 saturated heterocycles. The molecule has 1 aliphatic rings. The molecule has 54 valence electrons. The number of rotatable bonds is 2. The lowest BCUT2D eigenvalue weighted by atomic mass is 9.87. The summed E-state index contributed by atoms with van der Waals surface area (Å²) < 4.78 is 0. The molecule has 0 heterocycles. The summed E-state index contributed by atoms with van der Waals surface area (Å²) >= 11 is 0. The highest BCUT2D eigenvalue weighted by molar-refractivity contribution is 5.95. The van der Waals surface area contributed by atoms with Gasteiger partial charge in [0.2, 0.25) is 0 Å². The van der Waals surface area contributed by atoms with E-state index in [9.17, 15) is 0 Å². The highest BCUT2D eigenvalue weighted by atomic mass is 14.2. The van der Waals surface area contributed by atoms with Crippen molar-refractivity contribution in [3.63, 3.8) is 0 Å². The highest BCUT2D eigenvalue weighted by Crippen LogP contribution is 2.34. The van der Waals surface area contributed by atoms with Crippen molar-refractivity contribution >= 4 is 11.6 Å². The van der Waals surface area contributed by atoms with Crippen LogP contribution in [0.2, 0.25) is 0 Å². The summed E-state index contributed by atoms with van der Waals surface area (Å²) in [5.74, 6) is 0. The second-order valence-corrected chi connectivity index (χ2v) is 2.75. The van der Waals surface area contributed by atoms with E-state index in [1.54, 1.807) is 0 Å². The van der Waals surface area contributed by atoms with Gasteiger partial charge in [-0.2, -0.15) is 0 Å². The maximum atomic E-state index is 3.71. The fraction of sp³-hybridized carbons (Fsp3) is 0.0909. The molecule has 0 saturated carbocycles. The standard InChI is InChI=1S/C11H10/c1-2-5-9-8-10-6-3-4-7-11(9)10/h2-4,6-8H,1,5H2. The van der Waals surface area contributed by atoms with Gasteiger partial charge < -0.3 is 0 Å². The van der Waals surface area contributed by atoms with Gasteiger partial charge in [0.15, 0.2) is 0 Å². The number of hydrogen-bond acceptors (Lipinski definition) is 0. The number of allylic oxidation sites excluding steroid dienone is 2. The molecule has 0 radical (unpaired) electrons. The van der Waals surface area contributed by atoms with E-state index in [2.05, 4.69) is 36.9 Å². The third-order valence-electron chi connectivity index (χ3n) is 2.00. The Morgan fingerprint density at radius 1 is 1.27 bits per heavy atom. The molecule has 0 aliphatic heterocycles. The fourth-order valence-electron chi connectivity index (χ4n) is 1.43. The van der Waals surface area contributed by atoms with Crippen molar-refractivity contribution in [1.82, 2.24) is 0 Å². The van der Waals surface area contributed by atoms with Crippen LogP contribution in [0.1, 0.15) is 17.5 Å². The zero-order chi connectivity index (χ0) is 7.68. The van der Waals surface area contributed by atoms with Crippen LogP contribution in [0.15, 0.2) is 36.9 Å². The molecule has 0 aromatic heterocycles. The van der Waals surface area contributed by atoms with Crippen LogP contribution < -0.4 is 0 Å². The van der Waals surface area contributed by atoms with Gasteiger partial charge in [-0.1, -0.05) is 36.4 Å². The minimum atomic E-state index is 0.997. The van der Waals surface area contributed by atoms with Crippen molar-refractivity contribution in [2.24, 2.45) is 0 Å². The minimum absolute atomic E-state index is 0.997. The first kappa shape index (κ1) is 6.41. The maximum absolute atomic E-state index is 3.71. The van der Waals surface area contributed by atoms with Gasteiger partial charge >= 0.3 is 0 Å². The van der Waals surface area contributed by atoms with Crippen molar-refractivity contribution < 1.29 is 0 Å². The molecular formula is C11H10. The second kappa shape index (κ2) is 2.39. The summed E-state index contributed by atoms with van der Waals surface area (Å²) in [6.45, 7) is 3.71.